The van der Waals surface area contributed by atoms with Crippen molar-refractivity contribution >= 4 is 18.3 Å². The van der Waals surface area contributed by atoms with Crippen LogP contribution in [0.2, 0.25) is 0 Å². The van der Waals surface area contributed by atoms with Gasteiger partial charge in [-0.3, -0.25) is 4.79 Å². The number of aryl methyl sites for hydroxylation is 1. The number of ether oxygens (including phenoxy) is 1. The molecule has 0 aliphatic carbocycles. The second kappa shape index (κ2) is 7.59. The Morgan fingerprint density at radius 3 is 2.78 bits per heavy atom. The second-order valence-electron chi connectivity index (χ2n) is 5.34. The summed E-state index contributed by atoms with van der Waals surface area (Å²) >= 11 is 0. The van der Waals surface area contributed by atoms with Crippen LogP contribution < -0.4 is 10.6 Å². The van der Waals surface area contributed by atoms with Crippen LogP contribution >= 0.6 is 12.4 Å². The van der Waals surface area contributed by atoms with Crippen LogP contribution in [0, 0.1) is 6.92 Å². The third-order valence-electron chi connectivity index (χ3n) is 3.91. The predicted molar refractivity (Wildman–Crippen MR) is 88.8 cm³/mol. The summed E-state index contributed by atoms with van der Waals surface area (Å²) in [5.41, 5.74) is 1.90. The molecule has 2 aromatic rings. The first-order valence-electron chi connectivity index (χ1n) is 7.26. The summed E-state index contributed by atoms with van der Waals surface area (Å²) < 4.78 is 10.6. The molecule has 1 amide bonds. The van der Waals surface area contributed by atoms with Crippen molar-refractivity contribution in [2.45, 2.75) is 19.1 Å². The molecule has 7 heteroatoms. The molecule has 1 aromatic carbocycles. The molecule has 0 saturated carbocycles. The molecule has 1 aliphatic heterocycles. The standard InChI is InChI=1S/C16H19N3O3.ClH/c1-10-14(15(19-22-10)11-6-4-3-5-7-11)16(20)18-12-8-17-9-13(12)21-2;/h3-7,12-13,17H,8-9H2,1-2H3,(H,18,20);1H/t12-,13-;/m0./s1. The van der Waals surface area contributed by atoms with E-state index in [-0.39, 0.29) is 30.5 Å². The highest BCUT2D eigenvalue weighted by molar-refractivity contribution is 6.01. The van der Waals surface area contributed by atoms with E-state index in [9.17, 15) is 4.79 Å². The lowest BCUT2D eigenvalue weighted by atomic mass is 10.1. The lowest BCUT2D eigenvalue weighted by molar-refractivity contribution is 0.0779. The molecule has 1 saturated heterocycles. The van der Waals surface area contributed by atoms with Crippen LogP contribution in [0.3, 0.4) is 0 Å². The summed E-state index contributed by atoms with van der Waals surface area (Å²) in [5.74, 6) is 0.324. The van der Waals surface area contributed by atoms with Crippen molar-refractivity contribution in [1.29, 1.82) is 0 Å². The first-order chi connectivity index (χ1) is 10.7. The monoisotopic (exact) mass is 337 g/mol. The largest absolute Gasteiger partial charge is 0.378 e. The number of amides is 1. The number of nitrogens with one attached hydrogen (secondary N) is 2. The van der Waals surface area contributed by atoms with Crippen LogP contribution in [-0.4, -0.2) is 43.4 Å². The maximum Gasteiger partial charge on any atom is 0.257 e. The quantitative estimate of drug-likeness (QED) is 0.889. The van der Waals surface area contributed by atoms with Crippen LogP contribution in [0.4, 0.5) is 0 Å². The van der Waals surface area contributed by atoms with Crippen molar-refractivity contribution in [1.82, 2.24) is 15.8 Å². The number of rotatable bonds is 4. The molecule has 124 valence electrons. The number of aromatic nitrogens is 1. The van der Waals surface area contributed by atoms with E-state index in [0.717, 1.165) is 12.1 Å². The van der Waals surface area contributed by atoms with Gasteiger partial charge >= 0.3 is 0 Å². The fraction of sp³-hybridized carbons (Fsp3) is 0.375. The molecule has 23 heavy (non-hydrogen) atoms. The molecule has 0 spiro atoms. The smallest absolute Gasteiger partial charge is 0.257 e. The molecular weight excluding hydrogens is 318 g/mol. The first-order valence-corrected chi connectivity index (χ1v) is 7.26. The zero-order chi connectivity index (χ0) is 15.5. The second-order valence-corrected chi connectivity index (χ2v) is 5.34. The Balaban J connectivity index is 0.00000192. The van der Waals surface area contributed by atoms with Crippen LogP contribution in [0.25, 0.3) is 11.3 Å². The third kappa shape index (κ3) is 3.55. The highest BCUT2D eigenvalue weighted by atomic mass is 35.5. The van der Waals surface area contributed by atoms with E-state index in [0.29, 0.717) is 23.6 Å². The average Bonchev–Trinajstić information content (AvgIpc) is 3.14. The fourth-order valence-electron chi connectivity index (χ4n) is 2.72. The molecule has 1 fully saturated rings. The van der Waals surface area contributed by atoms with E-state index in [2.05, 4.69) is 15.8 Å². The minimum Gasteiger partial charge on any atom is -0.378 e. The van der Waals surface area contributed by atoms with Gasteiger partial charge in [-0.05, 0) is 6.92 Å². The predicted octanol–water partition coefficient (Wildman–Crippen LogP) is 1.79. The molecule has 2 atom stereocenters. The number of hydrogen-bond acceptors (Lipinski definition) is 5. The minimum atomic E-state index is -0.187. The summed E-state index contributed by atoms with van der Waals surface area (Å²) in [4.78, 5) is 12.6. The zero-order valence-electron chi connectivity index (χ0n) is 13.0. The highest BCUT2D eigenvalue weighted by Crippen LogP contribution is 2.25. The van der Waals surface area contributed by atoms with Gasteiger partial charge in [0.25, 0.3) is 5.91 Å². The number of halogens is 1. The molecule has 1 aromatic heterocycles. The third-order valence-corrected chi connectivity index (χ3v) is 3.91. The summed E-state index contributed by atoms with van der Waals surface area (Å²) in [6.07, 6.45) is -0.0238. The molecular formula is C16H20ClN3O3. The van der Waals surface area contributed by atoms with E-state index in [4.69, 9.17) is 9.26 Å². The zero-order valence-corrected chi connectivity index (χ0v) is 13.9. The molecule has 2 heterocycles. The number of benzene rings is 1. The first kappa shape index (κ1) is 17.5. The van der Waals surface area contributed by atoms with Crippen LogP contribution in [0.15, 0.2) is 34.9 Å². The van der Waals surface area contributed by atoms with Crippen molar-refractivity contribution in [2.75, 3.05) is 20.2 Å². The molecule has 6 nitrogen and oxygen atoms in total. The van der Waals surface area contributed by atoms with E-state index in [1.807, 2.05) is 30.3 Å². The van der Waals surface area contributed by atoms with Gasteiger partial charge in [-0.25, -0.2) is 0 Å². The Hall–Kier alpha value is -1.89. The summed E-state index contributed by atoms with van der Waals surface area (Å²) in [5, 5.41) is 10.3. The van der Waals surface area contributed by atoms with Gasteiger partial charge < -0.3 is 19.9 Å². The van der Waals surface area contributed by atoms with Gasteiger partial charge in [0, 0.05) is 25.8 Å². The Labute approximate surface area is 141 Å². The van der Waals surface area contributed by atoms with Gasteiger partial charge in [-0.1, -0.05) is 35.5 Å². The molecule has 0 bridgehead atoms. The van der Waals surface area contributed by atoms with Crippen molar-refractivity contribution in [3.63, 3.8) is 0 Å². The van der Waals surface area contributed by atoms with E-state index < -0.39 is 0 Å². The van der Waals surface area contributed by atoms with Crippen LogP contribution in [0.1, 0.15) is 16.1 Å². The summed E-state index contributed by atoms with van der Waals surface area (Å²) in [6.45, 7) is 3.17. The Bertz CT molecular complexity index is 660. The highest BCUT2D eigenvalue weighted by Gasteiger charge is 2.30. The molecule has 3 rings (SSSR count). The van der Waals surface area contributed by atoms with Gasteiger partial charge in [0.2, 0.25) is 0 Å². The van der Waals surface area contributed by atoms with Gasteiger partial charge in [-0.15, -0.1) is 12.4 Å². The summed E-state index contributed by atoms with van der Waals surface area (Å²) in [7, 11) is 1.65. The molecule has 1 aliphatic rings. The SMILES string of the molecule is CO[C@H]1CNC[C@@H]1NC(=O)c1c(-c2ccccc2)noc1C.Cl. The molecule has 2 N–H and O–H groups in total. The maximum atomic E-state index is 12.6. The van der Waals surface area contributed by atoms with Gasteiger partial charge in [-0.2, -0.15) is 0 Å². The number of methoxy groups -OCH3 is 1. The number of hydrogen-bond donors (Lipinski definition) is 2. The Morgan fingerprint density at radius 2 is 2.09 bits per heavy atom. The van der Waals surface area contributed by atoms with Gasteiger partial charge in [0.15, 0.2) is 0 Å². The van der Waals surface area contributed by atoms with Crippen molar-refractivity contribution in [2.24, 2.45) is 0 Å². The molecule has 0 unspecified atom stereocenters. The number of carbonyl (C=O) groups is 1. The number of carbonyl (C=O) groups excluding carboxylic acids is 1. The normalized spacial score (nSPS) is 20.1. The Kier molecular flexibility index (Phi) is 5.76. The van der Waals surface area contributed by atoms with Gasteiger partial charge in [0.1, 0.15) is 17.0 Å². The number of nitrogens with zero attached hydrogens (tertiary/aromatic N) is 1. The van der Waals surface area contributed by atoms with Crippen LogP contribution in [-0.2, 0) is 4.74 Å². The molecule has 0 radical (unpaired) electrons. The van der Waals surface area contributed by atoms with Gasteiger partial charge in [0.05, 0.1) is 12.1 Å². The van der Waals surface area contributed by atoms with Crippen molar-refractivity contribution < 1.29 is 14.1 Å². The van der Waals surface area contributed by atoms with E-state index in [1.54, 1.807) is 14.0 Å². The average molecular weight is 338 g/mol. The Morgan fingerprint density at radius 1 is 1.35 bits per heavy atom. The van der Waals surface area contributed by atoms with Crippen molar-refractivity contribution in [3.05, 3.63) is 41.7 Å². The van der Waals surface area contributed by atoms with E-state index in [1.165, 1.54) is 0 Å². The van der Waals surface area contributed by atoms with Crippen LogP contribution in [0.5, 0.6) is 0 Å². The maximum absolute atomic E-state index is 12.6. The minimum absolute atomic E-state index is 0. The lowest BCUT2D eigenvalue weighted by Gasteiger charge is -2.18. The van der Waals surface area contributed by atoms with Crippen molar-refractivity contribution in [3.8, 4) is 11.3 Å². The fourth-order valence-corrected chi connectivity index (χ4v) is 2.72. The lowest BCUT2D eigenvalue weighted by Crippen LogP contribution is -2.43. The summed E-state index contributed by atoms with van der Waals surface area (Å²) in [6, 6.07) is 9.48. The topological polar surface area (TPSA) is 76.4 Å². The van der Waals surface area contributed by atoms with E-state index >= 15 is 0 Å².